The van der Waals surface area contributed by atoms with E-state index < -0.39 is 11.6 Å². The molecule has 1 aromatic heterocycles. The molecule has 0 bridgehead atoms. The van der Waals surface area contributed by atoms with Gasteiger partial charge in [-0.1, -0.05) is 0 Å². The average molecular weight is 195 g/mol. The lowest BCUT2D eigenvalue weighted by Gasteiger charge is -1.99. The number of hydrogen-bond acceptors (Lipinski definition) is 2. The van der Waals surface area contributed by atoms with Crippen LogP contribution in [0.5, 0.6) is 0 Å². The Morgan fingerprint density at radius 1 is 1.21 bits per heavy atom. The minimum Gasteiger partial charge on any atom is -0.221 e. The Labute approximate surface area is 79.0 Å². The van der Waals surface area contributed by atoms with Gasteiger partial charge in [0.2, 0.25) is 0 Å². The molecule has 5 heteroatoms. The number of benzene rings is 1. The lowest BCUT2D eigenvalue weighted by molar-refractivity contribution is 0.507. The molecule has 0 unspecified atom stereocenters. The fourth-order valence-corrected chi connectivity index (χ4v) is 1.10. The minimum absolute atomic E-state index is 0.449. The molecule has 14 heavy (non-hydrogen) atoms. The van der Waals surface area contributed by atoms with E-state index in [1.54, 1.807) is 6.92 Å². The van der Waals surface area contributed by atoms with Gasteiger partial charge in [-0.25, -0.2) is 18.4 Å². The molecule has 0 aliphatic heterocycles. The van der Waals surface area contributed by atoms with Gasteiger partial charge in [-0.2, -0.15) is 5.10 Å². The largest absolute Gasteiger partial charge is 0.221 e. The van der Waals surface area contributed by atoms with E-state index >= 15 is 0 Å². The smallest absolute Gasteiger partial charge is 0.160 e. The first-order valence-corrected chi connectivity index (χ1v) is 4.00. The Hall–Kier alpha value is -1.78. The number of aryl methyl sites for hydroxylation is 1. The van der Waals surface area contributed by atoms with Gasteiger partial charge in [0.05, 0.1) is 5.69 Å². The zero-order valence-corrected chi connectivity index (χ0v) is 7.41. The maximum absolute atomic E-state index is 12.8. The van der Waals surface area contributed by atoms with E-state index in [0.29, 0.717) is 11.5 Å². The quantitative estimate of drug-likeness (QED) is 0.695. The predicted molar refractivity (Wildman–Crippen MR) is 46.0 cm³/mol. The van der Waals surface area contributed by atoms with Crippen molar-refractivity contribution in [1.29, 1.82) is 0 Å². The van der Waals surface area contributed by atoms with E-state index in [4.69, 9.17) is 0 Å². The van der Waals surface area contributed by atoms with E-state index in [9.17, 15) is 8.78 Å². The molecule has 0 saturated heterocycles. The molecule has 2 rings (SSSR count). The second-order valence-electron chi connectivity index (χ2n) is 2.83. The van der Waals surface area contributed by atoms with Crippen molar-refractivity contribution >= 4 is 0 Å². The van der Waals surface area contributed by atoms with E-state index in [2.05, 4.69) is 10.1 Å². The zero-order valence-electron chi connectivity index (χ0n) is 7.41. The molecule has 0 N–H and O–H groups in total. The Bertz CT molecular complexity index is 465. The summed E-state index contributed by atoms with van der Waals surface area (Å²) in [5.41, 5.74) is 0.449. The van der Waals surface area contributed by atoms with Gasteiger partial charge < -0.3 is 0 Å². The number of rotatable bonds is 1. The molecule has 0 atom stereocenters. The summed E-state index contributed by atoms with van der Waals surface area (Å²) >= 11 is 0. The van der Waals surface area contributed by atoms with Crippen LogP contribution in [-0.4, -0.2) is 14.8 Å². The van der Waals surface area contributed by atoms with Crippen LogP contribution in [0.15, 0.2) is 24.5 Å². The van der Waals surface area contributed by atoms with Crippen molar-refractivity contribution in [3.63, 3.8) is 0 Å². The fraction of sp³-hybridized carbons (Fsp3) is 0.111. The van der Waals surface area contributed by atoms with Gasteiger partial charge in [0.15, 0.2) is 11.6 Å². The molecule has 0 spiro atoms. The van der Waals surface area contributed by atoms with Crippen LogP contribution < -0.4 is 0 Å². The van der Waals surface area contributed by atoms with Crippen molar-refractivity contribution in [2.45, 2.75) is 6.92 Å². The summed E-state index contributed by atoms with van der Waals surface area (Å²) in [7, 11) is 0. The van der Waals surface area contributed by atoms with Gasteiger partial charge in [0.25, 0.3) is 0 Å². The fourth-order valence-electron chi connectivity index (χ4n) is 1.10. The van der Waals surface area contributed by atoms with Crippen LogP contribution in [0.4, 0.5) is 8.78 Å². The molecule has 0 fully saturated rings. The van der Waals surface area contributed by atoms with E-state index in [0.717, 1.165) is 12.1 Å². The van der Waals surface area contributed by atoms with Gasteiger partial charge in [0, 0.05) is 6.07 Å². The summed E-state index contributed by atoms with van der Waals surface area (Å²) in [5, 5.41) is 3.97. The van der Waals surface area contributed by atoms with Crippen molar-refractivity contribution in [2.75, 3.05) is 0 Å². The average Bonchev–Trinajstić information content (AvgIpc) is 2.57. The maximum Gasteiger partial charge on any atom is 0.160 e. The number of halogens is 2. The predicted octanol–water partition coefficient (Wildman–Crippen LogP) is 1.85. The third-order valence-corrected chi connectivity index (χ3v) is 1.77. The first-order chi connectivity index (χ1) is 6.66. The molecule has 1 heterocycles. The van der Waals surface area contributed by atoms with Gasteiger partial charge in [-0.15, -0.1) is 0 Å². The molecule has 72 valence electrons. The molecular weight excluding hydrogens is 188 g/mol. The Kier molecular flexibility index (Phi) is 1.99. The molecule has 0 aliphatic rings. The highest BCUT2D eigenvalue weighted by atomic mass is 19.2. The van der Waals surface area contributed by atoms with Crippen LogP contribution >= 0.6 is 0 Å². The van der Waals surface area contributed by atoms with Crippen molar-refractivity contribution in [2.24, 2.45) is 0 Å². The van der Waals surface area contributed by atoms with Crippen LogP contribution in [0.2, 0.25) is 0 Å². The van der Waals surface area contributed by atoms with Crippen LogP contribution in [0.1, 0.15) is 5.82 Å². The van der Waals surface area contributed by atoms with Gasteiger partial charge in [-0.05, 0) is 19.1 Å². The van der Waals surface area contributed by atoms with E-state index in [-0.39, 0.29) is 0 Å². The highest BCUT2D eigenvalue weighted by Crippen LogP contribution is 2.11. The molecule has 3 nitrogen and oxygen atoms in total. The van der Waals surface area contributed by atoms with Crippen molar-refractivity contribution in [3.05, 3.63) is 42.0 Å². The van der Waals surface area contributed by atoms with E-state index in [1.165, 1.54) is 17.1 Å². The second kappa shape index (κ2) is 3.17. The lowest BCUT2D eigenvalue weighted by Crippen LogP contribution is -1.96. The number of nitrogens with zero attached hydrogens (tertiary/aromatic N) is 3. The Morgan fingerprint density at radius 3 is 2.57 bits per heavy atom. The van der Waals surface area contributed by atoms with Gasteiger partial charge in [-0.3, -0.25) is 0 Å². The SMILES string of the molecule is Cc1ncn(-c2ccc(F)c(F)c2)n1. The number of hydrogen-bond donors (Lipinski definition) is 0. The zero-order chi connectivity index (χ0) is 10.1. The highest BCUT2D eigenvalue weighted by molar-refractivity contribution is 5.31. The monoisotopic (exact) mass is 195 g/mol. The Morgan fingerprint density at radius 2 is 2.00 bits per heavy atom. The van der Waals surface area contributed by atoms with Crippen molar-refractivity contribution in [3.8, 4) is 5.69 Å². The minimum atomic E-state index is -0.893. The standard InChI is InChI=1S/C9H7F2N3/c1-6-12-5-14(13-6)7-2-3-8(10)9(11)4-7/h2-5H,1H3. The van der Waals surface area contributed by atoms with Crippen molar-refractivity contribution < 1.29 is 8.78 Å². The first-order valence-electron chi connectivity index (χ1n) is 4.00. The van der Waals surface area contributed by atoms with Crippen LogP contribution in [0, 0.1) is 18.6 Å². The maximum atomic E-state index is 12.8. The lowest BCUT2D eigenvalue weighted by atomic mass is 10.3. The van der Waals surface area contributed by atoms with Crippen LogP contribution in [-0.2, 0) is 0 Å². The normalized spacial score (nSPS) is 10.5. The second-order valence-corrected chi connectivity index (χ2v) is 2.83. The third kappa shape index (κ3) is 1.48. The molecule has 0 saturated carbocycles. The molecule has 0 amide bonds. The number of aromatic nitrogens is 3. The first kappa shape index (κ1) is 8.80. The molecule has 0 aliphatic carbocycles. The topological polar surface area (TPSA) is 30.7 Å². The summed E-state index contributed by atoms with van der Waals surface area (Å²) in [6.45, 7) is 1.72. The summed E-state index contributed by atoms with van der Waals surface area (Å²) in [6.07, 6.45) is 1.45. The molecule has 2 aromatic rings. The van der Waals surface area contributed by atoms with Crippen LogP contribution in [0.3, 0.4) is 0 Å². The van der Waals surface area contributed by atoms with Gasteiger partial charge in [0.1, 0.15) is 12.2 Å². The highest BCUT2D eigenvalue weighted by Gasteiger charge is 2.04. The molecule has 0 radical (unpaired) electrons. The van der Waals surface area contributed by atoms with E-state index in [1.807, 2.05) is 0 Å². The molecule has 1 aromatic carbocycles. The van der Waals surface area contributed by atoms with Crippen molar-refractivity contribution in [1.82, 2.24) is 14.8 Å². The summed E-state index contributed by atoms with van der Waals surface area (Å²) in [6, 6.07) is 3.57. The Balaban J connectivity index is 2.47. The third-order valence-electron chi connectivity index (χ3n) is 1.77. The summed E-state index contributed by atoms with van der Waals surface area (Å²) < 4.78 is 26.8. The molecular formula is C9H7F2N3. The van der Waals surface area contributed by atoms with Crippen LogP contribution in [0.25, 0.3) is 5.69 Å². The summed E-state index contributed by atoms with van der Waals surface area (Å²) in [4.78, 5) is 3.88. The van der Waals surface area contributed by atoms with Gasteiger partial charge >= 0.3 is 0 Å². The summed E-state index contributed by atoms with van der Waals surface area (Å²) in [5.74, 6) is -1.18.